The van der Waals surface area contributed by atoms with Crippen LogP contribution in [-0.4, -0.2) is 47.0 Å². The Morgan fingerprint density at radius 2 is 1.82 bits per heavy atom. The van der Waals surface area contributed by atoms with Gasteiger partial charge in [-0.1, -0.05) is 6.42 Å². The fourth-order valence-electron chi connectivity index (χ4n) is 4.39. The van der Waals surface area contributed by atoms with Crippen LogP contribution in [0.25, 0.3) is 0 Å². The number of aromatic nitrogens is 2. The highest BCUT2D eigenvalue weighted by Gasteiger charge is 2.54. The minimum atomic E-state index is 0.142. The summed E-state index contributed by atoms with van der Waals surface area (Å²) in [5.41, 5.74) is 0.188. The van der Waals surface area contributed by atoms with Gasteiger partial charge in [-0.05, 0) is 38.2 Å². The Kier molecular flexibility index (Phi) is 3.51. The smallest absolute Gasteiger partial charge is 0.228 e. The van der Waals surface area contributed by atoms with Gasteiger partial charge in [-0.2, -0.15) is 0 Å². The van der Waals surface area contributed by atoms with Gasteiger partial charge < -0.3 is 9.80 Å². The van der Waals surface area contributed by atoms with Crippen LogP contribution in [0.2, 0.25) is 0 Å². The van der Waals surface area contributed by atoms with Crippen LogP contribution in [0.15, 0.2) is 18.5 Å². The Hall–Kier alpha value is -1.65. The number of rotatable bonds is 2. The van der Waals surface area contributed by atoms with E-state index in [1.165, 1.54) is 25.7 Å². The van der Waals surface area contributed by atoms with Crippen molar-refractivity contribution < 1.29 is 4.79 Å². The van der Waals surface area contributed by atoms with Gasteiger partial charge in [0, 0.05) is 44.0 Å². The fourth-order valence-corrected chi connectivity index (χ4v) is 4.39. The summed E-state index contributed by atoms with van der Waals surface area (Å²) in [6, 6.07) is 1.84. The minimum absolute atomic E-state index is 0.142. The first-order valence-electron chi connectivity index (χ1n) is 8.59. The molecule has 0 aromatic carbocycles. The SMILES string of the molecule is O=C(C1CN(c2ncccn2)CC12CCC2)N1CCCCC1. The zero-order valence-electron chi connectivity index (χ0n) is 13.1. The van der Waals surface area contributed by atoms with Crippen LogP contribution in [0.4, 0.5) is 5.95 Å². The van der Waals surface area contributed by atoms with Crippen molar-refractivity contribution in [2.75, 3.05) is 31.1 Å². The lowest BCUT2D eigenvalue weighted by Gasteiger charge is -2.43. The van der Waals surface area contributed by atoms with Gasteiger partial charge in [-0.25, -0.2) is 9.97 Å². The van der Waals surface area contributed by atoms with E-state index in [2.05, 4.69) is 19.8 Å². The molecule has 4 rings (SSSR count). The van der Waals surface area contributed by atoms with Crippen molar-refractivity contribution in [1.29, 1.82) is 0 Å². The van der Waals surface area contributed by atoms with E-state index in [-0.39, 0.29) is 11.3 Å². The third-order valence-electron chi connectivity index (χ3n) is 5.80. The molecule has 1 aromatic rings. The maximum Gasteiger partial charge on any atom is 0.228 e. The van der Waals surface area contributed by atoms with Crippen molar-refractivity contribution in [2.45, 2.75) is 38.5 Å². The first-order chi connectivity index (χ1) is 10.8. The molecular weight excluding hydrogens is 276 g/mol. The molecular formula is C17H24N4O. The van der Waals surface area contributed by atoms with Crippen molar-refractivity contribution in [2.24, 2.45) is 11.3 Å². The zero-order chi connectivity index (χ0) is 15.0. The monoisotopic (exact) mass is 300 g/mol. The van der Waals surface area contributed by atoms with Crippen molar-refractivity contribution in [1.82, 2.24) is 14.9 Å². The third kappa shape index (κ3) is 2.27. The quantitative estimate of drug-likeness (QED) is 0.839. The first-order valence-corrected chi connectivity index (χ1v) is 8.59. The molecule has 3 heterocycles. The molecule has 1 atom stereocenters. The normalized spacial score (nSPS) is 27.0. The van der Waals surface area contributed by atoms with E-state index < -0.39 is 0 Å². The van der Waals surface area contributed by atoms with Gasteiger partial charge >= 0.3 is 0 Å². The molecule has 0 bridgehead atoms. The Morgan fingerprint density at radius 1 is 1.09 bits per heavy atom. The average molecular weight is 300 g/mol. The van der Waals surface area contributed by atoms with Crippen LogP contribution >= 0.6 is 0 Å². The summed E-state index contributed by atoms with van der Waals surface area (Å²) >= 11 is 0. The molecule has 1 unspecified atom stereocenters. The Labute approximate surface area is 131 Å². The lowest BCUT2D eigenvalue weighted by atomic mass is 9.62. The second-order valence-electron chi connectivity index (χ2n) is 7.08. The minimum Gasteiger partial charge on any atom is -0.342 e. The van der Waals surface area contributed by atoms with Crippen LogP contribution in [0.1, 0.15) is 38.5 Å². The number of hydrogen-bond donors (Lipinski definition) is 0. The highest BCUT2D eigenvalue weighted by molar-refractivity contribution is 5.81. The summed E-state index contributed by atoms with van der Waals surface area (Å²) in [4.78, 5) is 26.1. The molecule has 1 spiro atoms. The summed E-state index contributed by atoms with van der Waals surface area (Å²) in [5, 5.41) is 0. The number of carbonyl (C=O) groups is 1. The second-order valence-corrected chi connectivity index (χ2v) is 7.08. The summed E-state index contributed by atoms with van der Waals surface area (Å²) in [5.74, 6) is 1.31. The van der Waals surface area contributed by atoms with E-state index in [4.69, 9.17) is 0 Å². The second kappa shape index (κ2) is 5.52. The summed E-state index contributed by atoms with van der Waals surface area (Å²) in [7, 11) is 0. The molecule has 0 N–H and O–H groups in total. The van der Waals surface area contributed by atoms with E-state index in [0.29, 0.717) is 5.91 Å². The van der Waals surface area contributed by atoms with E-state index in [0.717, 1.165) is 45.0 Å². The summed E-state index contributed by atoms with van der Waals surface area (Å²) in [6.07, 6.45) is 10.8. The third-order valence-corrected chi connectivity index (χ3v) is 5.80. The fraction of sp³-hybridized carbons (Fsp3) is 0.706. The van der Waals surface area contributed by atoms with Crippen molar-refractivity contribution in [3.63, 3.8) is 0 Å². The van der Waals surface area contributed by atoms with Gasteiger partial charge in [-0.15, -0.1) is 0 Å². The number of nitrogens with zero attached hydrogens (tertiary/aromatic N) is 4. The molecule has 2 saturated heterocycles. The molecule has 1 amide bonds. The molecule has 1 saturated carbocycles. The van der Waals surface area contributed by atoms with E-state index in [9.17, 15) is 4.79 Å². The molecule has 1 aliphatic carbocycles. The van der Waals surface area contributed by atoms with Gasteiger partial charge in [0.05, 0.1) is 5.92 Å². The number of hydrogen-bond acceptors (Lipinski definition) is 4. The maximum atomic E-state index is 13.0. The Balaban J connectivity index is 1.54. The molecule has 3 fully saturated rings. The van der Waals surface area contributed by atoms with Crippen molar-refractivity contribution >= 4 is 11.9 Å². The van der Waals surface area contributed by atoms with Crippen molar-refractivity contribution in [3.8, 4) is 0 Å². The van der Waals surface area contributed by atoms with Gasteiger partial charge in [0.15, 0.2) is 0 Å². The van der Waals surface area contributed by atoms with E-state index in [1.54, 1.807) is 12.4 Å². The molecule has 118 valence electrons. The van der Waals surface area contributed by atoms with Crippen LogP contribution in [0, 0.1) is 11.3 Å². The zero-order valence-corrected chi connectivity index (χ0v) is 13.1. The van der Waals surface area contributed by atoms with Crippen LogP contribution in [0.3, 0.4) is 0 Å². The summed E-state index contributed by atoms with van der Waals surface area (Å²) < 4.78 is 0. The van der Waals surface area contributed by atoms with E-state index in [1.807, 2.05) is 6.07 Å². The topological polar surface area (TPSA) is 49.3 Å². The first kappa shape index (κ1) is 14.0. The lowest BCUT2D eigenvalue weighted by Crippen LogP contribution is -2.48. The highest BCUT2D eigenvalue weighted by atomic mass is 16.2. The Morgan fingerprint density at radius 3 is 2.45 bits per heavy atom. The summed E-state index contributed by atoms with van der Waals surface area (Å²) in [6.45, 7) is 3.64. The van der Waals surface area contributed by atoms with Crippen LogP contribution < -0.4 is 4.90 Å². The maximum absolute atomic E-state index is 13.0. The van der Waals surface area contributed by atoms with Gasteiger partial charge in [0.1, 0.15) is 0 Å². The van der Waals surface area contributed by atoms with E-state index >= 15 is 0 Å². The lowest BCUT2D eigenvalue weighted by molar-refractivity contribution is -0.141. The average Bonchev–Trinajstić information content (AvgIpc) is 2.97. The largest absolute Gasteiger partial charge is 0.342 e. The van der Waals surface area contributed by atoms with Crippen LogP contribution in [-0.2, 0) is 4.79 Å². The molecule has 5 nitrogen and oxygen atoms in total. The molecule has 22 heavy (non-hydrogen) atoms. The molecule has 3 aliphatic rings. The number of amides is 1. The van der Waals surface area contributed by atoms with Gasteiger partial charge in [0.25, 0.3) is 0 Å². The molecule has 1 aromatic heterocycles. The predicted molar refractivity (Wildman–Crippen MR) is 84.5 cm³/mol. The molecule has 2 aliphatic heterocycles. The Bertz CT molecular complexity index is 537. The number of piperidine rings is 1. The van der Waals surface area contributed by atoms with Crippen molar-refractivity contribution in [3.05, 3.63) is 18.5 Å². The van der Waals surface area contributed by atoms with Crippen LogP contribution in [0.5, 0.6) is 0 Å². The molecule has 0 radical (unpaired) electrons. The highest BCUT2D eigenvalue weighted by Crippen LogP contribution is 2.52. The van der Waals surface area contributed by atoms with Gasteiger partial charge in [0.2, 0.25) is 11.9 Å². The van der Waals surface area contributed by atoms with Gasteiger partial charge in [-0.3, -0.25) is 4.79 Å². The number of anilines is 1. The number of carbonyl (C=O) groups excluding carboxylic acids is 1. The predicted octanol–water partition coefficient (Wildman–Crippen LogP) is 2.10. The number of likely N-dealkylation sites (tertiary alicyclic amines) is 1. The standard InChI is InChI=1S/C17H24N4O/c22-15(20-10-2-1-3-11-20)14-12-21(13-17(14)6-4-7-17)16-18-8-5-9-19-16/h5,8-9,14H,1-4,6-7,10-13H2. The molecule has 5 heteroatoms.